The molecule has 0 rings (SSSR count). The lowest BCUT2D eigenvalue weighted by Crippen LogP contribution is -2.48. The van der Waals surface area contributed by atoms with Crippen molar-refractivity contribution in [3.63, 3.8) is 0 Å². The lowest BCUT2D eigenvalue weighted by Gasteiger charge is -2.17. The van der Waals surface area contributed by atoms with Crippen LogP contribution in [0.2, 0.25) is 0 Å². The monoisotopic (exact) mass is 228 g/mol. The Bertz CT molecular complexity index is 254. The van der Waals surface area contributed by atoms with Crippen LogP contribution in [0.25, 0.3) is 0 Å². The molecule has 92 valence electrons. The smallest absolute Gasteiger partial charge is 0.322 e. The normalized spacial score (nSPS) is 13.7. The lowest BCUT2D eigenvalue weighted by molar-refractivity contribution is -0.145. The first-order chi connectivity index (χ1) is 7.52. The van der Waals surface area contributed by atoms with Crippen LogP contribution in [-0.2, 0) is 14.3 Å². The molecule has 0 aliphatic heterocycles. The Labute approximate surface area is 96.2 Å². The van der Waals surface area contributed by atoms with Gasteiger partial charge in [-0.05, 0) is 20.8 Å². The number of esters is 1. The summed E-state index contributed by atoms with van der Waals surface area (Å²) in [6.45, 7) is 9.34. The van der Waals surface area contributed by atoms with E-state index in [9.17, 15) is 9.59 Å². The van der Waals surface area contributed by atoms with Crippen molar-refractivity contribution in [1.29, 1.82) is 0 Å². The zero-order valence-electron chi connectivity index (χ0n) is 10.1. The van der Waals surface area contributed by atoms with E-state index in [1.54, 1.807) is 26.8 Å². The van der Waals surface area contributed by atoms with E-state index >= 15 is 0 Å². The maximum atomic E-state index is 11.4. The van der Waals surface area contributed by atoms with Gasteiger partial charge in [-0.2, -0.15) is 0 Å². The number of hydrogen-bond acceptors (Lipinski definition) is 4. The van der Waals surface area contributed by atoms with Gasteiger partial charge in [0.15, 0.2) is 0 Å². The minimum atomic E-state index is -0.496. The number of nitrogens with one attached hydrogen (secondary N) is 2. The highest BCUT2D eigenvalue weighted by Gasteiger charge is 2.19. The average molecular weight is 228 g/mol. The van der Waals surface area contributed by atoms with E-state index in [1.807, 2.05) is 0 Å². The van der Waals surface area contributed by atoms with Crippen LogP contribution in [0.4, 0.5) is 0 Å². The molecule has 0 heterocycles. The zero-order valence-corrected chi connectivity index (χ0v) is 10.1. The Morgan fingerprint density at radius 1 is 1.38 bits per heavy atom. The third-order valence-electron chi connectivity index (χ3n) is 1.95. The van der Waals surface area contributed by atoms with Crippen molar-refractivity contribution in [3.8, 4) is 0 Å². The van der Waals surface area contributed by atoms with E-state index in [0.717, 1.165) is 0 Å². The molecule has 5 nitrogen and oxygen atoms in total. The van der Waals surface area contributed by atoms with Crippen LogP contribution in [0, 0.1) is 0 Å². The predicted molar refractivity (Wildman–Crippen MR) is 61.9 cm³/mol. The quantitative estimate of drug-likeness (QED) is 0.483. The average Bonchev–Trinajstić information content (AvgIpc) is 2.25. The Kier molecular flexibility index (Phi) is 7.20. The standard InChI is InChI=1S/C11H20N2O3/c1-5-7-12-10(14)8(3)13-9(4)11(15)16-6-2/h5,8-9,13H,1,6-7H2,2-4H3,(H,12,14). The molecule has 0 saturated carbocycles. The number of hydrogen-bond donors (Lipinski definition) is 2. The summed E-state index contributed by atoms with van der Waals surface area (Å²) in [5.41, 5.74) is 0. The number of carbonyl (C=O) groups is 2. The molecule has 0 saturated heterocycles. The second kappa shape index (κ2) is 7.87. The Morgan fingerprint density at radius 3 is 2.50 bits per heavy atom. The molecule has 0 spiro atoms. The molecule has 0 radical (unpaired) electrons. The largest absolute Gasteiger partial charge is 0.465 e. The molecule has 0 aromatic carbocycles. The first-order valence-electron chi connectivity index (χ1n) is 5.34. The van der Waals surface area contributed by atoms with Crippen molar-refractivity contribution in [3.05, 3.63) is 12.7 Å². The number of amides is 1. The molecule has 1 amide bonds. The van der Waals surface area contributed by atoms with E-state index < -0.39 is 12.1 Å². The van der Waals surface area contributed by atoms with Gasteiger partial charge in [-0.25, -0.2) is 0 Å². The van der Waals surface area contributed by atoms with Crippen molar-refractivity contribution >= 4 is 11.9 Å². The first-order valence-corrected chi connectivity index (χ1v) is 5.34. The van der Waals surface area contributed by atoms with Gasteiger partial charge in [0.1, 0.15) is 6.04 Å². The molecular formula is C11H20N2O3. The predicted octanol–water partition coefficient (Wildman–Crippen LogP) is 0.218. The second-order valence-electron chi connectivity index (χ2n) is 3.40. The van der Waals surface area contributed by atoms with Crippen LogP contribution in [0.15, 0.2) is 12.7 Å². The highest BCUT2D eigenvalue weighted by atomic mass is 16.5. The third kappa shape index (κ3) is 5.50. The summed E-state index contributed by atoms with van der Waals surface area (Å²) in [6.07, 6.45) is 1.60. The van der Waals surface area contributed by atoms with E-state index in [2.05, 4.69) is 17.2 Å². The third-order valence-corrected chi connectivity index (χ3v) is 1.95. The molecular weight excluding hydrogens is 208 g/mol. The summed E-state index contributed by atoms with van der Waals surface area (Å²) in [4.78, 5) is 22.7. The summed E-state index contributed by atoms with van der Waals surface area (Å²) in [5, 5.41) is 5.49. The highest BCUT2D eigenvalue weighted by Crippen LogP contribution is 1.92. The van der Waals surface area contributed by atoms with Gasteiger partial charge in [-0.1, -0.05) is 6.08 Å². The summed E-state index contributed by atoms with van der Waals surface area (Å²) in [6, 6.07) is -0.941. The minimum Gasteiger partial charge on any atom is -0.465 e. The van der Waals surface area contributed by atoms with E-state index in [-0.39, 0.29) is 11.9 Å². The second-order valence-corrected chi connectivity index (χ2v) is 3.40. The summed E-state index contributed by atoms with van der Waals surface area (Å²) in [7, 11) is 0. The highest BCUT2D eigenvalue weighted by molar-refractivity contribution is 5.83. The molecule has 0 fully saturated rings. The Balaban J connectivity index is 4.02. The molecule has 5 heteroatoms. The van der Waals surface area contributed by atoms with Crippen molar-refractivity contribution in [1.82, 2.24) is 10.6 Å². The zero-order chi connectivity index (χ0) is 12.6. The minimum absolute atomic E-state index is 0.170. The molecule has 0 aromatic heterocycles. The van der Waals surface area contributed by atoms with Crippen LogP contribution < -0.4 is 10.6 Å². The molecule has 0 aliphatic carbocycles. The van der Waals surface area contributed by atoms with Gasteiger partial charge < -0.3 is 10.1 Å². The van der Waals surface area contributed by atoms with Crippen molar-refractivity contribution in [2.75, 3.05) is 13.2 Å². The molecule has 0 bridgehead atoms. The molecule has 0 aliphatic rings. The van der Waals surface area contributed by atoms with Crippen LogP contribution >= 0.6 is 0 Å². The van der Waals surface area contributed by atoms with Crippen LogP contribution in [0.1, 0.15) is 20.8 Å². The maximum Gasteiger partial charge on any atom is 0.322 e. The topological polar surface area (TPSA) is 67.4 Å². The van der Waals surface area contributed by atoms with Gasteiger partial charge in [0, 0.05) is 6.54 Å². The van der Waals surface area contributed by atoms with Gasteiger partial charge in [-0.3, -0.25) is 14.9 Å². The fraction of sp³-hybridized carbons (Fsp3) is 0.636. The summed E-state index contributed by atoms with van der Waals surface area (Å²) in [5.74, 6) is -0.526. The van der Waals surface area contributed by atoms with Gasteiger partial charge in [0.25, 0.3) is 0 Å². The van der Waals surface area contributed by atoms with Crippen molar-refractivity contribution in [2.45, 2.75) is 32.9 Å². The number of rotatable bonds is 7. The fourth-order valence-corrected chi connectivity index (χ4v) is 1.11. The molecule has 2 atom stereocenters. The molecule has 0 aromatic rings. The number of ether oxygens (including phenoxy) is 1. The Hall–Kier alpha value is -1.36. The molecule has 16 heavy (non-hydrogen) atoms. The van der Waals surface area contributed by atoms with Crippen LogP contribution in [0.5, 0.6) is 0 Å². The molecule has 2 unspecified atom stereocenters. The number of carbonyl (C=O) groups excluding carboxylic acids is 2. The van der Waals surface area contributed by atoms with Gasteiger partial charge in [0.2, 0.25) is 5.91 Å². The van der Waals surface area contributed by atoms with Crippen molar-refractivity contribution in [2.24, 2.45) is 0 Å². The van der Waals surface area contributed by atoms with E-state index in [0.29, 0.717) is 13.2 Å². The van der Waals surface area contributed by atoms with Crippen molar-refractivity contribution < 1.29 is 14.3 Å². The Morgan fingerprint density at radius 2 is 2.00 bits per heavy atom. The first kappa shape index (κ1) is 14.6. The van der Waals surface area contributed by atoms with Gasteiger partial charge >= 0.3 is 5.97 Å². The summed E-state index contributed by atoms with van der Waals surface area (Å²) < 4.78 is 4.82. The van der Waals surface area contributed by atoms with Crippen LogP contribution in [-0.4, -0.2) is 37.1 Å². The van der Waals surface area contributed by atoms with Crippen LogP contribution in [0.3, 0.4) is 0 Å². The van der Waals surface area contributed by atoms with Gasteiger partial charge in [-0.15, -0.1) is 6.58 Å². The lowest BCUT2D eigenvalue weighted by atomic mass is 10.2. The van der Waals surface area contributed by atoms with E-state index in [4.69, 9.17) is 4.74 Å². The SMILES string of the molecule is C=CCNC(=O)C(C)NC(C)C(=O)OCC. The van der Waals surface area contributed by atoms with Gasteiger partial charge in [0.05, 0.1) is 12.6 Å². The van der Waals surface area contributed by atoms with E-state index in [1.165, 1.54) is 0 Å². The molecule has 2 N–H and O–H groups in total. The summed E-state index contributed by atoms with van der Waals surface area (Å²) >= 11 is 0. The maximum absolute atomic E-state index is 11.4. The fourth-order valence-electron chi connectivity index (χ4n) is 1.11.